The summed E-state index contributed by atoms with van der Waals surface area (Å²) in [7, 11) is 0. The number of nitrogens with one attached hydrogen (secondary N) is 1. The smallest absolute Gasteiger partial charge is 0.419 e. The second-order valence-corrected chi connectivity index (χ2v) is 7.06. The molecule has 1 saturated heterocycles. The van der Waals surface area contributed by atoms with E-state index in [0.717, 1.165) is 6.07 Å². The SMILES string of the molecule is O=C(Nc1cccnn1)N1CCN(C2CCOc3c2ccc(C(F)(F)F)c3F)CC1. The quantitative estimate of drug-likeness (QED) is 0.748. The second kappa shape index (κ2) is 8.05. The Morgan fingerprint density at radius 2 is 1.93 bits per heavy atom. The Morgan fingerprint density at radius 1 is 1.17 bits per heavy atom. The van der Waals surface area contributed by atoms with Gasteiger partial charge < -0.3 is 9.64 Å². The molecule has 1 N–H and O–H groups in total. The van der Waals surface area contributed by atoms with E-state index in [4.69, 9.17) is 4.74 Å². The van der Waals surface area contributed by atoms with Gasteiger partial charge in [-0.3, -0.25) is 10.2 Å². The van der Waals surface area contributed by atoms with Gasteiger partial charge in [0.25, 0.3) is 0 Å². The van der Waals surface area contributed by atoms with Crippen molar-refractivity contribution in [2.75, 3.05) is 38.1 Å². The monoisotopic (exact) mass is 425 g/mol. The first-order valence-electron chi connectivity index (χ1n) is 9.44. The molecular weight excluding hydrogens is 406 g/mol. The first kappa shape index (κ1) is 20.3. The van der Waals surface area contributed by atoms with Gasteiger partial charge in [0.1, 0.15) is 0 Å². The first-order valence-corrected chi connectivity index (χ1v) is 9.44. The molecule has 160 valence electrons. The third-order valence-corrected chi connectivity index (χ3v) is 5.28. The average Bonchev–Trinajstić information content (AvgIpc) is 2.74. The third kappa shape index (κ3) is 4.02. The highest BCUT2D eigenvalue weighted by atomic mass is 19.4. The number of halogens is 4. The van der Waals surface area contributed by atoms with Crippen molar-refractivity contribution in [1.82, 2.24) is 20.0 Å². The standard InChI is InChI=1S/C19H19F4N5O2/c20-16-13(19(21,22)23)4-3-12-14(5-11-30-17(12)16)27-7-9-28(10-8-27)18(29)25-15-2-1-6-24-26-15/h1-4,6,14H,5,7-11H2,(H,25,26,29). The molecule has 2 amide bonds. The van der Waals surface area contributed by atoms with E-state index in [1.54, 1.807) is 17.0 Å². The van der Waals surface area contributed by atoms with E-state index in [2.05, 4.69) is 15.5 Å². The second-order valence-electron chi connectivity index (χ2n) is 7.06. The van der Waals surface area contributed by atoms with E-state index in [1.807, 2.05) is 4.90 Å². The topological polar surface area (TPSA) is 70.6 Å². The van der Waals surface area contributed by atoms with Crippen LogP contribution in [0.1, 0.15) is 23.6 Å². The molecule has 0 radical (unpaired) electrons. The Balaban J connectivity index is 1.44. The molecule has 1 aromatic carbocycles. The van der Waals surface area contributed by atoms with Gasteiger partial charge >= 0.3 is 12.2 Å². The number of urea groups is 1. The van der Waals surface area contributed by atoms with Gasteiger partial charge in [-0.2, -0.15) is 18.3 Å². The van der Waals surface area contributed by atoms with Gasteiger partial charge in [-0.05, 0) is 18.2 Å². The molecular formula is C19H19F4N5O2. The van der Waals surface area contributed by atoms with Crippen molar-refractivity contribution in [3.05, 3.63) is 47.4 Å². The fraction of sp³-hybridized carbons (Fsp3) is 0.421. The lowest BCUT2D eigenvalue weighted by Gasteiger charge is -2.41. The summed E-state index contributed by atoms with van der Waals surface area (Å²) in [4.78, 5) is 16.0. The molecule has 1 unspecified atom stereocenters. The van der Waals surface area contributed by atoms with Gasteiger partial charge in [-0.25, -0.2) is 9.18 Å². The van der Waals surface area contributed by atoms with Crippen LogP contribution in [0.5, 0.6) is 5.75 Å². The van der Waals surface area contributed by atoms with Crippen LogP contribution >= 0.6 is 0 Å². The van der Waals surface area contributed by atoms with Crippen LogP contribution in [0.2, 0.25) is 0 Å². The summed E-state index contributed by atoms with van der Waals surface area (Å²) in [5.41, 5.74) is -0.920. The molecule has 0 saturated carbocycles. The number of ether oxygens (including phenoxy) is 1. The van der Waals surface area contributed by atoms with Crippen LogP contribution in [0.4, 0.5) is 28.2 Å². The molecule has 0 spiro atoms. The van der Waals surface area contributed by atoms with Gasteiger partial charge in [0.05, 0.1) is 12.2 Å². The molecule has 11 heteroatoms. The maximum absolute atomic E-state index is 14.4. The average molecular weight is 425 g/mol. The molecule has 7 nitrogen and oxygen atoms in total. The minimum Gasteiger partial charge on any atom is -0.490 e. The van der Waals surface area contributed by atoms with Gasteiger partial charge in [0.2, 0.25) is 0 Å². The largest absolute Gasteiger partial charge is 0.490 e. The Labute approximate surface area is 169 Å². The molecule has 1 aromatic heterocycles. The van der Waals surface area contributed by atoms with Gasteiger partial charge in [-0.1, -0.05) is 6.07 Å². The fourth-order valence-electron chi connectivity index (χ4n) is 3.80. The van der Waals surface area contributed by atoms with E-state index in [9.17, 15) is 22.4 Å². The lowest BCUT2D eigenvalue weighted by atomic mass is 9.96. The predicted octanol–water partition coefficient (Wildman–Crippen LogP) is 3.31. The van der Waals surface area contributed by atoms with E-state index < -0.39 is 17.6 Å². The van der Waals surface area contributed by atoms with Crippen LogP contribution in [-0.2, 0) is 6.18 Å². The predicted molar refractivity (Wildman–Crippen MR) is 98.5 cm³/mol. The fourth-order valence-corrected chi connectivity index (χ4v) is 3.80. The van der Waals surface area contributed by atoms with Crippen LogP contribution in [0.3, 0.4) is 0 Å². The minimum absolute atomic E-state index is 0.128. The molecule has 2 aliphatic heterocycles. The number of alkyl halides is 3. The zero-order valence-electron chi connectivity index (χ0n) is 15.8. The number of hydrogen-bond acceptors (Lipinski definition) is 5. The highest BCUT2D eigenvalue weighted by Crippen LogP contribution is 2.42. The summed E-state index contributed by atoms with van der Waals surface area (Å²) in [6, 6.07) is 4.77. The Hall–Kier alpha value is -2.95. The first-order chi connectivity index (χ1) is 14.3. The summed E-state index contributed by atoms with van der Waals surface area (Å²) in [6.45, 7) is 1.97. The maximum atomic E-state index is 14.4. The van der Waals surface area contributed by atoms with Crippen molar-refractivity contribution in [3.8, 4) is 5.75 Å². The zero-order chi connectivity index (χ0) is 21.3. The van der Waals surface area contributed by atoms with Crippen molar-refractivity contribution in [1.29, 1.82) is 0 Å². The Bertz CT molecular complexity index is 917. The number of carbonyl (C=O) groups excluding carboxylic acids is 1. The summed E-state index contributed by atoms with van der Waals surface area (Å²) in [5.74, 6) is -1.35. The molecule has 4 rings (SSSR count). The molecule has 3 heterocycles. The number of amides is 2. The zero-order valence-corrected chi connectivity index (χ0v) is 15.8. The number of anilines is 1. The van der Waals surface area contributed by atoms with E-state index >= 15 is 0 Å². The molecule has 0 aliphatic carbocycles. The number of rotatable bonds is 2. The van der Waals surface area contributed by atoms with Crippen LogP contribution in [0, 0.1) is 5.82 Å². The van der Waals surface area contributed by atoms with Crippen molar-refractivity contribution in [2.24, 2.45) is 0 Å². The maximum Gasteiger partial charge on any atom is 0.419 e. The number of hydrogen-bond donors (Lipinski definition) is 1. The van der Waals surface area contributed by atoms with Crippen LogP contribution < -0.4 is 10.1 Å². The van der Waals surface area contributed by atoms with Crippen molar-refractivity contribution in [3.63, 3.8) is 0 Å². The molecule has 2 aliphatic rings. The number of aromatic nitrogens is 2. The molecule has 30 heavy (non-hydrogen) atoms. The molecule has 1 fully saturated rings. The number of benzene rings is 1. The Kier molecular flexibility index (Phi) is 5.46. The van der Waals surface area contributed by atoms with Crippen molar-refractivity contribution >= 4 is 11.8 Å². The van der Waals surface area contributed by atoms with Crippen molar-refractivity contribution < 1.29 is 27.1 Å². The summed E-state index contributed by atoms with van der Waals surface area (Å²) < 4.78 is 58.6. The lowest BCUT2D eigenvalue weighted by Crippen LogP contribution is -2.51. The van der Waals surface area contributed by atoms with E-state index in [-0.39, 0.29) is 24.4 Å². The number of carbonyl (C=O) groups is 1. The van der Waals surface area contributed by atoms with Gasteiger partial charge in [0.15, 0.2) is 17.4 Å². The lowest BCUT2D eigenvalue weighted by molar-refractivity contribution is -0.140. The van der Waals surface area contributed by atoms with Crippen molar-refractivity contribution in [2.45, 2.75) is 18.6 Å². The van der Waals surface area contributed by atoms with Gasteiger partial charge in [0, 0.05) is 50.4 Å². The van der Waals surface area contributed by atoms with E-state index in [1.165, 1.54) is 12.3 Å². The summed E-state index contributed by atoms with van der Waals surface area (Å²) >= 11 is 0. The number of piperazine rings is 1. The van der Waals surface area contributed by atoms with Crippen LogP contribution in [0.15, 0.2) is 30.5 Å². The van der Waals surface area contributed by atoms with Crippen LogP contribution in [-0.4, -0.2) is 58.8 Å². The molecule has 1 atom stereocenters. The van der Waals surface area contributed by atoms with E-state index in [0.29, 0.717) is 44.0 Å². The van der Waals surface area contributed by atoms with Gasteiger partial charge in [-0.15, -0.1) is 5.10 Å². The summed E-state index contributed by atoms with van der Waals surface area (Å²) in [6.07, 6.45) is -2.75. The molecule has 2 aromatic rings. The van der Waals surface area contributed by atoms with Crippen LogP contribution in [0.25, 0.3) is 0 Å². The third-order valence-electron chi connectivity index (χ3n) is 5.28. The molecule has 0 bridgehead atoms. The number of fused-ring (bicyclic) bond motifs is 1. The summed E-state index contributed by atoms with van der Waals surface area (Å²) in [5, 5.41) is 10.2. The Morgan fingerprint density at radius 3 is 2.60 bits per heavy atom. The normalized spacial score (nSPS) is 19.7. The minimum atomic E-state index is -4.78. The highest BCUT2D eigenvalue weighted by molar-refractivity contribution is 5.88. The highest BCUT2D eigenvalue weighted by Gasteiger charge is 2.39. The number of nitrogens with zero attached hydrogens (tertiary/aromatic N) is 4.